The second-order valence-electron chi connectivity index (χ2n) is 11.2. The number of halogens is 2. The normalized spacial score (nSPS) is 22.2. The quantitative estimate of drug-likeness (QED) is 0.545. The third-order valence-corrected chi connectivity index (χ3v) is 8.83. The highest BCUT2D eigenvalue weighted by Gasteiger charge is 2.37. The molecule has 2 aromatic rings. The molecule has 10 heteroatoms. The summed E-state index contributed by atoms with van der Waals surface area (Å²) >= 11 is 0. The number of carbonyl (C=O) groups is 1. The predicted molar refractivity (Wildman–Crippen MR) is 154 cm³/mol. The fraction of sp³-hybridized carbons (Fsp3) is 0.700. The lowest BCUT2D eigenvalue weighted by molar-refractivity contribution is -0.135. The third kappa shape index (κ3) is 6.48. The Kier molecular flexibility index (Phi) is 9.82. The van der Waals surface area contributed by atoms with Crippen molar-refractivity contribution < 1.29 is 18.3 Å². The van der Waals surface area contributed by atoms with Crippen LogP contribution >= 0.6 is 0 Å². The molecule has 3 aliphatic rings. The number of H-pyrrole nitrogens is 1. The predicted octanol–water partition coefficient (Wildman–Crippen LogP) is 5.17. The molecule has 3 fully saturated rings. The molecule has 3 saturated heterocycles. The lowest BCUT2D eigenvalue weighted by Gasteiger charge is -2.42. The number of hydrogen-bond donors (Lipinski definition) is 1. The Balaban J connectivity index is 0.00000181. The number of aryl methyl sites for hydroxylation is 1. The van der Waals surface area contributed by atoms with Crippen LogP contribution in [0.25, 0.3) is 17.0 Å². The molecule has 0 saturated carbocycles. The maximum atomic E-state index is 13.5. The summed E-state index contributed by atoms with van der Waals surface area (Å²) in [6.45, 7) is 13.3. The number of aromatic amines is 1. The van der Waals surface area contributed by atoms with Crippen molar-refractivity contribution in [2.45, 2.75) is 91.1 Å². The average Bonchev–Trinajstić information content (AvgIpc) is 3.43. The van der Waals surface area contributed by atoms with Gasteiger partial charge in [0.05, 0.1) is 29.1 Å². The molecular weight excluding hydrogens is 516 g/mol. The number of rotatable bonds is 5. The van der Waals surface area contributed by atoms with Gasteiger partial charge in [0.15, 0.2) is 0 Å². The van der Waals surface area contributed by atoms with Gasteiger partial charge < -0.3 is 14.6 Å². The summed E-state index contributed by atoms with van der Waals surface area (Å²) in [5, 5.41) is 5.13. The Morgan fingerprint density at radius 2 is 1.73 bits per heavy atom. The first kappa shape index (κ1) is 30.4. The van der Waals surface area contributed by atoms with Crippen molar-refractivity contribution in [1.82, 2.24) is 24.6 Å². The number of aromatic nitrogens is 3. The highest BCUT2D eigenvalue weighted by Crippen LogP contribution is 2.31. The number of nitrogens with zero attached hydrogens (tertiary/aromatic N) is 4. The summed E-state index contributed by atoms with van der Waals surface area (Å²) in [4.78, 5) is 33.3. The summed E-state index contributed by atoms with van der Waals surface area (Å²) in [5.74, 6) is -2.81. The van der Waals surface area contributed by atoms with Gasteiger partial charge >= 0.3 is 0 Å². The summed E-state index contributed by atoms with van der Waals surface area (Å²) in [7, 11) is 0. The van der Waals surface area contributed by atoms with Crippen LogP contribution in [-0.2, 0) is 9.53 Å². The van der Waals surface area contributed by atoms with E-state index in [-0.39, 0.29) is 42.3 Å². The van der Waals surface area contributed by atoms with E-state index in [0.717, 1.165) is 42.3 Å². The zero-order valence-electron chi connectivity index (χ0n) is 24.6. The largest absolute Gasteiger partial charge is 0.381 e. The number of carbonyl (C=O) groups excluding carboxylic acids is 1. The molecule has 1 atom stereocenters. The number of pyridine rings is 1. The second-order valence-corrected chi connectivity index (χ2v) is 11.2. The number of amides is 1. The van der Waals surface area contributed by atoms with Crippen molar-refractivity contribution in [3.05, 3.63) is 33.4 Å². The summed E-state index contributed by atoms with van der Waals surface area (Å²) in [6.07, 6.45) is 6.76. The molecule has 222 valence electrons. The van der Waals surface area contributed by atoms with E-state index < -0.39 is 5.92 Å². The third-order valence-electron chi connectivity index (χ3n) is 8.83. The van der Waals surface area contributed by atoms with Crippen LogP contribution < -0.4 is 5.56 Å². The van der Waals surface area contributed by atoms with Crippen LogP contribution in [0.5, 0.6) is 0 Å². The van der Waals surface area contributed by atoms with Gasteiger partial charge in [0.25, 0.3) is 11.5 Å². The van der Waals surface area contributed by atoms with E-state index in [9.17, 15) is 18.4 Å². The molecule has 0 radical (unpaired) electrons. The Hall–Kier alpha value is -2.59. The first-order valence-electron chi connectivity index (χ1n) is 14.9. The van der Waals surface area contributed by atoms with Crippen molar-refractivity contribution in [2.24, 2.45) is 5.92 Å². The first-order chi connectivity index (χ1) is 19.1. The van der Waals surface area contributed by atoms with Gasteiger partial charge in [-0.05, 0) is 58.1 Å². The minimum Gasteiger partial charge on any atom is -0.381 e. The van der Waals surface area contributed by atoms with Crippen molar-refractivity contribution in [3.8, 4) is 0 Å². The van der Waals surface area contributed by atoms with Gasteiger partial charge in [-0.3, -0.25) is 19.2 Å². The molecular formula is C30H45F2N5O3. The summed E-state index contributed by atoms with van der Waals surface area (Å²) in [5.41, 5.74) is 3.19. The molecule has 3 aliphatic heterocycles. The maximum absolute atomic E-state index is 13.5. The zero-order chi connectivity index (χ0) is 29.0. The fourth-order valence-electron chi connectivity index (χ4n) is 6.15. The molecule has 2 aromatic heterocycles. The molecule has 1 unspecified atom stereocenters. The highest BCUT2D eigenvalue weighted by molar-refractivity contribution is 5.85. The Morgan fingerprint density at radius 3 is 2.35 bits per heavy atom. The van der Waals surface area contributed by atoms with Crippen LogP contribution in [0.1, 0.15) is 83.5 Å². The number of piperidine rings is 2. The lowest BCUT2D eigenvalue weighted by Crippen LogP contribution is -2.51. The van der Waals surface area contributed by atoms with Crippen molar-refractivity contribution in [2.75, 3.05) is 39.4 Å². The van der Waals surface area contributed by atoms with Crippen LogP contribution in [-0.4, -0.2) is 81.8 Å². The van der Waals surface area contributed by atoms with E-state index in [1.165, 1.54) is 0 Å². The van der Waals surface area contributed by atoms with Gasteiger partial charge in [-0.15, -0.1) is 0 Å². The standard InChI is InChI=1S/C28H39F2N5O3.C2H6/c1-18(19(2)27(37)34-10-4-21(5-11-34)33-12-8-28(29,30)9-13-33)16-24-20(3)25-23(26(36)32-24)17-31-35(25)22-6-14-38-15-7-22;1-2/h16-17,19,21-22H,4-15H2,1-3H3,(H,32,36);1-2H3/b18-16-;. The van der Waals surface area contributed by atoms with Crippen LogP contribution in [0, 0.1) is 12.8 Å². The van der Waals surface area contributed by atoms with Crippen LogP contribution in [0.3, 0.4) is 0 Å². The first-order valence-corrected chi connectivity index (χ1v) is 14.9. The smallest absolute Gasteiger partial charge is 0.259 e. The molecule has 0 spiro atoms. The van der Waals surface area contributed by atoms with E-state index in [2.05, 4.69) is 15.0 Å². The SMILES string of the molecule is C/C(=C/c1[nH]c(=O)c2cnn(C3CCOCC3)c2c1C)C(C)C(=O)N1CCC(N2CCC(F)(F)CC2)CC1.CC. The number of likely N-dealkylation sites (tertiary alicyclic amines) is 2. The van der Waals surface area contributed by atoms with Crippen LogP contribution in [0.15, 0.2) is 16.6 Å². The van der Waals surface area contributed by atoms with Gasteiger partial charge in [0, 0.05) is 64.0 Å². The van der Waals surface area contributed by atoms with Crippen molar-refractivity contribution >= 4 is 22.9 Å². The van der Waals surface area contributed by atoms with Gasteiger partial charge in [0.1, 0.15) is 0 Å². The molecule has 5 heterocycles. The topological polar surface area (TPSA) is 83.5 Å². The van der Waals surface area contributed by atoms with Gasteiger partial charge in [-0.2, -0.15) is 5.10 Å². The number of hydrogen-bond acceptors (Lipinski definition) is 5. The zero-order valence-corrected chi connectivity index (χ0v) is 24.6. The maximum Gasteiger partial charge on any atom is 0.259 e. The van der Waals surface area contributed by atoms with E-state index in [1.54, 1.807) is 6.20 Å². The summed E-state index contributed by atoms with van der Waals surface area (Å²) in [6, 6.07) is 0.464. The van der Waals surface area contributed by atoms with Gasteiger partial charge in [-0.1, -0.05) is 19.4 Å². The minimum absolute atomic E-state index is 0.0655. The number of ether oxygens (including phenoxy) is 1. The van der Waals surface area contributed by atoms with Crippen LogP contribution in [0.2, 0.25) is 0 Å². The van der Waals surface area contributed by atoms with Crippen molar-refractivity contribution in [1.29, 1.82) is 0 Å². The molecule has 0 aromatic carbocycles. The van der Waals surface area contributed by atoms with Crippen molar-refractivity contribution in [3.63, 3.8) is 0 Å². The lowest BCUT2D eigenvalue weighted by atomic mass is 9.95. The highest BCUT2D eigenvalue weighted by atomic mass is 19.3. The monoisotopic (exact) mass is 561 g/mol. The van der Waals surface area contributed by atoms with Gasteiger partial charge in [-0.25, -0.2) is 8.78 Å². The minimum atomic E-state index is -2.54. The molecule has 0 aliphatic carbocycles. The Labute approximate surface area is 235 Å². The van der Waals surface area contributed by atoms with E-state index in [0.29, 0.717) is 50.5 Å². The molecule has 8 nitrogen and oxygen atoms in total. The van der Waals surface area contributed by atoms with E-state index in [4.69, 9.17) is 4.74 Å². The number of fused-ring (bicyclic) bond motifs is 1. The molecule has 0 bridgehead atoms. The fourth-order valence-corrected chi connectivity index (χ4v) is 6.15. The molecule has 1 amide bonds. The van der Waals surface area contributed by atoms with E-state index in [1.807, 2.05) is 50.3 Å². The Bertz CT molecular complexity index is 1250. The average molecular weight is 562 g/mol. The second kappa shape index (κ2) is 12.9. The molecule has 40 heavy (non-hydrogen) atoms. The Morgan fingerprint density at radius 1 is 1.10 bits per heavy atom. The summed E-state index contributed by atoms with van der Waals surface area (Å²) < 4.78 is 34.5. The number of alkyl halides is 2. The number of nitrogens with one attached hydrogen (secondary N) is 1. The molecule has 5 rings (SSSR count). The van der Waals surface area contributed by atoms with Gasteiger partial charge in [0.2, 0.25) is 5.91 Å². The van der Waals surface area contributed by atoms with E-state index >= 15 is 0 Å². The van der Waals surface area contributed by atoms with Crippen LogP contribution in [0.4, 0.5) is 8.78 Å². The molecule has 1 N–H and O–H groups in total.